The fraction of sp³-hybridized carbons (Fsp3) is 0.417. The Labute approximate surface area is 105 Å². The summed E-state index contributed by atoms with van der Waals surface area (Å²) in [6.45, 7) is 1.68. The van der Waals surface area contributed by atoms with Crippen LogP contribution >= 0.6 is 0 Å². The van der Waals surface area contributed by atoms with Crippen molar-refractivity contribution >= 4 is 0 Å². The minimum Gasteiger partial charge on any atom is -0.481 e. The topological polar surface area (TPSA) is 81.3 Å². The molecular weight excluding hydrogens is 234 g/mol. The number of aromatic nitrogens is 3. The van der Waals surface area contributed by atoms with Gasteiger partial charge >= 0.3 is 0 Å². The Morgan fingerprint density at radius 3 is 2.89 bits per heavy atom. The predicted octanol–water partition coefficient (Wildman–Crippen LogP) is 0.987. The fourth-order valence-electron chi connectivity index (χ4n) is 1.52. The second-order valence-corrected chi connectivity index (χ2v) is 4.04. The van der Waals surface area contributed by atoms with Crippen LogP contribution in [0.25, 0.3) is 0 Å². The molecule has 2 aromatic heterocycles. The number of aliphatic hydroxyl groups is 1. The lowest BCUT2D eigenvalue weighted by molar-refractivity contribution is 0.181. The van der Waals surface area contributed by atoms with Gasteiger partial charge in [-0.15, -0.1) is 0 Å². The molecule has 0 saturated heterocycles. The normalized spacial score (nSPS) is 12.4. The van der Waals surface area contributed by atoms with Crippen molar-refractivity contribution in [3.05, 3.63) is 35.6 Å². The first-order chi connectivity index (χ1) is 8.67. The number of hydrogen-bond acceptors (Lipinski definition) is 6. The lowest BCUT2D eigenvalue weighted by atomic mass is 10.2. The van der Waals surface area contributed by atoms with E-state index in [-0.39, 0.29) is 0 Å². The number of nitrogens with zero attached hydrogens (tertiary/aromatic N) is 3. The van der Waals surface area contributed by atoms with Crippen molar-refractivity contribution in [2.24, 2.45) is 0 Å². The van der Waals surface area contributed by atoms with Gasteiger partial charge in [0.15, 0.2) is 5.82 Å². The van der Waals surface area contributed by atoms with Crippen molar-refractivity contribution in [1.82, 2.24) is 15.1 Å². The molecule has 0 fully saturated rings. The van der Waals surface area contributed by atoms with E-state index in [4.69, 9.17) is 9.26 Å². The van der Waals surface area contributed by atoms with Gasteiger partial charge in [-0.25, -0.2) is 4.98 Å². The van der Waals surface area contributed by atoms with Crippen molar-refractivity contribution in [3.63, 3.8) is 0 Å². The minimum absolute atomic E-state index is 0.369. The summed E-state index contributed by atoms with van der Waals surface area (Å²) < 4.78 is 10.0. The number of ether oxygens (including phenoxy) is 1. The highest BCUT2D eigenvalue weighted by atomic mass is 16.5. The summed E-state index contributed by atoms with van der Waals surface area (Å²) in [5.74, 6) is 1.60. The van der Waals surface area contributed by atoms with Gasteiger partial charge in [0.1, 0.15) is 0 Å². The first-order valence-electron chi connectivity index (χ1n) is 5.66. The zero-order valence-electron chi connectivity index (χ0n) is 10.3. The molecule has 0 bridgehead atoms. The van der Waals surface area contributed by atoms with Gasteiger partial charge in [-0.05, 0) is 12.5 Å². The average Bonchev–Trinajstić information content (AvgIpc) is 2.76. The van der Waals surface area contributed by atoms with E-state index in [1.54, 1.807) is 26.3 Å². The van der Waals surface area contributed by atoms with Gasteiger partial charge in [0.25, 0.3) is 0 Å². The average molecular weight is 249 g/mol. The van der Waals surface area contributed by atoms with E-state index < -0.39 is 6.10 Å². The van der Waals surface area contributed by atoms with Crippen LogP contribution in [-0.4, -0.2) is 33.4 Å². The van der Waals surface area contributed by atoms with Gasteiger partial charge in [-0.3, -0.25) is 0 Å². The molecule has 0 radical (unpaired) electrons. The quantitative estimate of drug-likeness (QED) is 0.851. The molecule has 2 aromatic rings. The van der Waals surface area contributed by atoms with Crippen molar-refractivity contribution in [1.29, 1.82) is 0 Å². The van der Waals surface area contributed by atoms with Crippen molar-refractivity contribution < 1.29 is 14.4 Å². The first kappa shape index (κ1) is 12.5. The van der Waals surface area contributed by atoms with Crippen molar-refractivity contribution in [3.8, 4) is 5.88 Å². The van der Waals surface area contributed by atoms with E-state index >= 15 is 0 Å². The summed E-state index contributed by atoms with van der Waals surface area (Å²) in [6, 6.07) is 3.68. The molecule has 0 amide bonds. The van der Waals surface area contributed by atoms with E-state index in [2.05, 4.69) is 15.1 Å². The van der Waals surface area contributed by atoms with Crippen molar-refractivity contribution in [2.45, 2.75) is 25.9 Å². The third kappa shape index (κ3) is 3.27. The molecule has 1 atom stereocenters. The van der Waals surface area contributed by atoms with Crippen LogP contribution in [0, 0.1) is 0 Å². The smallest absolute Gasteiger partial charge is 0.229 e. The third-order valence-electron chi connectivity index (χ3n) is 2.35. The molecule has 1 N–H and O–H groups in total. The number of aliphatic hydroxyl groups excluding tert-OH is 1. The molecule has 0 spiro atoms. The predicted molar refractivity (Wildman–Crippen MR) is 63.3 cm³/mol. The van der Waals surface area contributed by atoms with Crippen LogP contribution in [0.5, 0.6) is 5.88 Å². The van der Waals surface area contributed by atoms with E-state index in [0.29, 0.717) is 30.4 Å². The number of rotatable bonds is 5. The molecule has 2 rings (SSSR count). The number of hydrogen-bond donors (Lipinski definition) is 1. The molecule has 96 valence electrons. The fourth-order valence-corrected chi connectivity index (χ4v) is 1.52. The van der Waals surface area contributed by atoms with Gasteiger partial charge < -0.3 is 14.4 Å². The second kappa shape index (κ2) is 5.59. The second-order valence-electron chi connectivity index (χ2n) is 4.04. The number of pyridine rings is 1. The van der Waals surface area contributed by atoms with Crippen LogP contribution in [0.15, 0.2) is 22.9 Å². The molecule has 0 aromatic carbocycles. The maximum atomic E-state index is 9.21. The summed E-state index contributed by atoms with van der Waals surface area (Å²) in [4.78, 5) is 8.29. The maximum Gasteiger partial charge on any atom is 0.229 e. The lowest BCUT2D eigenvalue weighted by Crippen LogP contribution is -2.04. The SMILES string of the molecule is COc1ccc(Cc2noc(CC(C)O)n2)cn1. The Hall–Kier alpha value is -1.95. The molecule has 6 nitrogen and oxygen atoms in total. The zero-order chi connectivity index (χ0) is 13.0. The summed E-state index contributed by atoms with van der Waals surface area (Å²) >= 11 is 0. The molecule has 0 saturated carbocycles. The molecule has 1 unspecified atom stereocenters. The highest BCUT2D eigenvalue weighted by Crippen LogP contribution is 2.10. The standard InChI is InChI=1S/C12H15N3O3/c1-8(16)5-12-14-10(15-18-12)6-9-3-4-11(17-2)13-7-9/h3-4,7-8,16H,5-6H2,1-2H3. The van der Waals surface area contributed by atoms with Crippen LogP contribution < -0.4 is 4.74 Å². The Bertz CT molecular complexity index is 494. The van der Waals surface area contributed by atoms with Crippen LogP contribution in [-0.2, 0) is 12.8 Å². The highest BCUT2D eigenvalue weighted by molar-refractivity contribution is 5.20. The maximum absolute atomic E-state index is 9.21. The Morgan fingerprint density at radius 2 is 2.28 bits per heavy atom. The highest BCUT2D eigenvalue weighted by Gasteiger charge is 2.09. The van der Waals surface area contributed by atoms with Gasteiger partial charge in [-0.2, -0.15) is 4.98 Å². The summed E-state index contributed by atoms with van der Waals surface area (Å²) in [7, 11) is 1.57. The summed E-state index contributed by atoms with van der Waals surface area (Å²) in [5, 5.41) is 13.1. The Kier molecular flexibility index (Phi) is 3.88. The summed E-state index contributed by atoms with van der Waals surface area (Å²) in [6.07, 6.45) is 2.14. The molecule has 2 heterocycles. The number of methoxy groups -OCH3 is 1. The van der Waals surface area contributed by atoms with E-state index in [0.717, 1.165) is 5.56 Å². The minimum atomic E-state index is -0.485. The lowest BCUT2D eigenvalue weighted by Gasteiger charge is -1.99. The molecular formula is C12H15N3O3. The van der Waals surface area contributed by atoms with Gasteiger partial charge in [0, 0.05) is 18.7 Å². The molecule has 0 aliphatic rings. The molecule has 18 heavy (non-hydrogen) atoms. The van der Waals surface area contributed by atoms with E-state index in [9.17, 15) is 5.11 Å². The van der Waals surface area contributed by atoms with Gasteiger partial charge in [0.2, 0.25) is 11.8 Å². The van der Waals surface area contributed by atoms with Crippen LogP contribution in [0.1, 0.15) is 24.2 Å². The van der Waals surface area contributed by atoms with E-state index in [1.165, 1.54) is 0 Å². The van der Waals surface area contributed by atoms with Crippen molar-refractivity contribution in [2.75, 3.05) is 7.11 Å². The van der Waals surface area contributed by atoms with Gasteiger partial charge in [0.05, 0.1) is 19.6 Å². The third-order valence-corrected chi connectivity index (χ3v) is 2.35. The van der Waals surface area contributed by atoms with Gasteiger partial charge in [-0.1, -0.05) is 11.2 Å². The summed E-state index contributed by atoms with van der Waals surface area (Å²) in [5.41, 5.74) is 0.972. The molecule has 0 aliphatic heterocycles. The van der Waals surface area contributed by atoms with Crippen LogP contribution in [0.2, 0.25) is 0 Å². The molecule has 6 heteroatoms. The Morgan fingerprint density at radius 1 is 1.44 bits per heavy atom. The zero-order valence-corrected chi connectivity index (χ0v) is 10.3. The van der Waals surface area contributed by atoms with E-state index in [1.807, 2.05) is 6.07 Å². The van der Waals surface area contributed by atoms with Crippen LogP contribution in [0.3, 0.4) is 0 Å². The monoisotopic (exact) mass is 249 g/mol. The Balaban J connectivity index is 2.01. The van der Waals surface area contributed by atoms with Crippen LogP contribution in [0.4, 0.5) is 0 Å². The first-order valence-corrected chi connectivity index (χ1v) is 5.66. The largest absolute Gasteiger partial charge is 0.481 e. The molecule has 0 aliphatic carbocycles.